The lowest BCUT2D eigenvalue weighted by molar-refractivity contribution is 0.00527. The van der Waals surface area contributed by atoms with Gasteiger partial charge in [0.15, 0.2) is 5.65 Å². The number of aryl methyl sites for hydroxylation is 2. The van der Waals surface area contributed by atoms with E-state index in [2.05, 4.69) is 15.4 Å². The van der Waals surface area contributed by atoms with E-state index in [0.717, 1.165) is 43.2 Å². The fraction of sp³-hybridized carbons (Fsp3) is 0.562. The quantitative estimate of drug-likeness (QED) is 0.904. The summed E-state index contributed by atoms with van der Waals surface area (Å²) in [6, 6.07) is 1.77. The van der Waals surface area contributed by atoms with Crippen LogP contribution in [0.25, 0.3) is 11.0 Å². The molecular formula is C16H22N4O2. The van der Waals surface area contributed by atoms with Crippen LogP contribution >= 0.6 is 0 Å². The van der Waals surface area contributed by atoms with Crippen LogP contribution in [0.2, 0.25) is 0 Å². The van der Waals surface area contributed by atoms with Gasteiger partial charge in [0.1, 0.15) is 0 Å². The van der Waals surface area contributed by atoms with Crippen LogP contribution in [0.1, 0.15) is 48.2 Å². The van der Waals surface area contributed by atoms with Gasteiger partial charge >= 0.3 is 0 Å². The maximum Gasteiger partial charge on any atom is 0.252 e. The topological polar surface area (TPSA) is 80.0 Å². The molecule has 1 aliphatic carbocycles. The van der Waals surface area contributed by atoms with Gasteiger partial charge in [0.05, 0.1) is 22.7 Å². The highest BCUT2D eigenvalue weighted by atomic mass is 16.3. The lowest BCUT2D eigenvalue weighted by Crippen LogP contribution is -2.44. The Kier molecular flexibility index (Phi) is 3.87. The Bertz CT molecular complexity index is 701. The molecule has 1 amide bonds. The molecule has 6 nitrogen and oxygen atoms in total. The highest BCUT2D eigenvalue weighted by molar-refractivity contribution is 6.05. The summed E-state index contributed by atoms with van der Waals surface area (Å²) in [5.41, 5.74) is 1.28. The van der Waals surface area contributed by atoms with Crippen molar-refractivity contribution in [3.63, 3.8) is 0 Å². The summed E-state index contributed by atoms with van der Waals surface area (Å²) < 4.78 is 1.66. The molecule has 1 aliphatic rings. The average Bonchev–Trinajstić information content (AvgIpc) is 2.86. The molecule has 0 saturated heterocycles. The molecule has 0 spiro atoms. The molecule has 2 N–H and O–H groups in total. The van der Waals surface area contributed by atoms with Crippen LogP contribution in [0.15, 0.2) is 12.3 Å². The molecule has 22 heavy (non-hydrogen) atoms. The molecule has 2 heterocycles. The van der Waals surface area contributed by atoms with E-state index < -0.39 is 5.60 Å². The summed E-state index contributed by atoms with van der Waals surface area (Å²) in [6.45, 7) is 2.16. The lowest BCUT2D eigenvalue weighted by atomic mass is 9.85. The SMILES string of the molecule is Cc1cc(C(=O)NCC2(O)CCCCC2)c2cnn(C)c2n1. The molecule has 0 aliphatic heterocycles. The highest BCUT2D eigenvalue weighted by Crippen LogP contribution is 2.27. The van der Waals surface area contributed by atoms with Crippen molar-refractivity contribution in [1.29, 1.82) is 0 Å². The van der Waals surface area contributed by atoms with E-state index in [1.807, 2.05) is 6.92 Å². The van der Waals surface area contributed by atoms with Gasteiger partial charge in [0.25, 0.3) is 5.91 Å². The summed E-state index contributed by atoms with van der Waals surface area (Å²) in [5.74, 6) is -0.178. The van der Waals surface area contributed by atoms with Crippen LogP contribution in [0.5, 0.6) is 0 Å². The zero-order chi connectivity index (χ0) is 15.7. The monoisotopic (exact) mass is 302 g/mol. The fourth-order valence-electron chi connectivity index (χ4n) is 3.15. The van der Waals surface area contributed by atoms with Crippen molar-refractivity contribution in [2.45, 2.75) is 44.6 Å². The van der Waals surface area contributed by atoms with Gasteiger partial charge in [-0.25, -0.2) is 4.98 Å². The molecule has 1 saturated carbocycles. The zero-order valence-corrected chi connectivity index (χ0v) is 13.1. The number of nitrogens with one attached hydrogen (secondary N) is 1. The van der Waals surface area contributed by atoms with E-state index in [0.29, 0.717) is 17.8 Å². The van der Waals surface area contributed by atoms with E-state index in [1.54, 1.807) is 24.0 Å². The van der Waals surface area contributed by atoms with Gasteiger partial charge in [-0.2, -0.15) is 5.10 Å². The second-order valence-electron chi connectivity index (χ2n) is 6.28. The predicted octanol–water partition coefficient (Wildman–Crippen LogP) is 1.70. The minimum Gasteiger partial charge on any atom is -0.388 e. The third-order valence-electron chi connectivity index (χ3n) is 4.44. The first-order valence-electron chi connectivity index (χ1n) is 7.78. The van der Waals surface area contributed by atoms with E-state index in [9.17, 15) is 9.90 Å². The van der Waals surface area contributed by atoms with Gasteiger partial charge in [-0.15, -0.1) is 0 Å². The molecule has 1 fully saturated rings. The van der Waals surface area contributed by atoms with Gasteiger partial charge in [-0.1, -0.05) is 19.3 Å². The number of pyridine rings is 1. The second kappa shape index (κ2) is 5.68. The highest BCUT2D eigenvalue weighted by Gasteiger charge is 2.29. The summed E-state index contributed by atoms with van der Waals surface area (Å²) >= 11 is 0. The average molecular weight is 302 g/mol. The molecule has 3 rings (SSSR count). The second-order valence-corrected chi connectivity index (χ2v) is 6.28. The first-order valence-corrected chi connectivity index (χ1v) is 7.78. The van der Waals surface area contributed by atoms with Gasteiger partial charge in [0, 0.05) is 19.3 Å². The summed E-state index contributed by atoms with van der Waals surface area (Å²) in [7, 11) is 1.81. The van der Waals surface area contributed by atoms with E-state index in [-0.39, 0.29) is 5.91 Å². The number of carbonyl (C=O) groups is 1. The minimum atomic E-state index is -0.760. The van der Waals surface area contributed by atoms with Crippen molar-refractivity contribution in [3.05, 3.63) is 23.5 Å². The van der Waals surface area contributed by atoms with E-state index in [4.69, 9.17) is 0 Å². The predicted molar refractivity (Wildman–Crippen MR) is 83.6 cm³/mol. The van der Waals surface area contributed by atoms with Crippen molar-refractivity contribution < 1.29 is 9.90 Å². The Morgan fingerprint density at radius 3 is 2.86 bits per heavy atom. The molecule has 0 bridgehead atoms. The molecule has 2 aromatic rings. The number of nitrogens with zero attached hydrogens (tertiary/aromatic N) is 3. The van der Waals surface area contributed by atoms with Crippen LogP contribution in [0.3, 0.4) is 0 Å². The number of carbonyl (C=O) groups excluding carboxylic acids is 1. The zero-order valence-electron chi connectivity index (χ0n) is 13.1. The molecule has 0 radical (unpaired) electrons. The van der Waals surface area contributed by atoms with Gasteiger partial charge < -0.3 is 10.4 Å². The summed E-state index contributed by atoms with van der Waals surface area (Å²) in [5, 5.41) is 18.3. The number of hydrogen-bond acceptors (Lipinski definition) is 4. The van der Waals surface area contributed by atoms with Crippen LogP contribution in [-0.2, 0) is 7.05 Å². The first kappa shape index (κ1) is 15.0. The van der Waals surface area contributed by atoms with Crippen molar-refractivity contribution >= 4 is 16.9 Å². The largest absolute Gasteiger partial charge is 0.388 e. The van der Waals surface area contributed by atoms with Crippen molar-refractivity contribution in [3.8, 4) is 0 Å². The smallest absolute Gasteiger partial charge is 0.252 e. The van der Waals surface area contributed by atoms with Crippen LogP contribution in [-0.4, -0.2) is 37.9 Å². The molecule has 0 atom stereocenters. The van der Waals surface area contributed by atoms with E-state index >= 15 is 0 Å². The fourth-order valence-corrected chi connectivity index (χ4v) is 3.15. The van der Waals surface area contributed by atoms with Crippen LogP contribution < -0.4 is 5.32 Å². The molecule has 0 aromatic carbocycles. The number of hydrogen-bond donors (Lipinski definition) is 2. The Morgan fingerprint density at radius 1 is 1.41 bits per heavy atom. The Balaban J connectivity index is 1.80. The molecule has 2 aromatic heterocycles. The standard InChI is InChI=1S/C16H22N4O2/c1-11-8-12(13-9-18-20(2)14(13)19-11)15(21)17-10-16(22)6-4-3-5-7-16/h8-9,22H,3-7,10H2,1-2H3,(H,17,21). The number of aromatic nitrogens is 3. The Morgan fingerprint density at radius 2 is 2.14 bits per heavy atom. The number of rotatable bonds is 3. The molecular weight excluding hydrogens is 280 g/mol. The summed E-state index contributed by atoms with van der Waals surface area (Å²) in [4.78, 5) is 16.9. The van der Waals surface area contributed by atoms with Gasteiger partial charge in [0.2, 0.25) is 0 Å². The summed E-state index contributed by atoms with van der Waals surface area (Å²) in [6.07, 6.45) is 6.37. The van der Waals surface area contributed by atoms with Crippen molar-refractivity contribution in [1.82, 2.24) is 20.1 Å². The molecule has 0 unspecified atom stereocenters. The third kappa shape index (κ3) is 2.83. The van der Waals surface area contributed by atoms with Crippen LogP contribution in [0.4, 0.5) is 0 Å². The number of amides is 1. The van der Waals surface area contributed by atoms with Crippen molar-refractivity contribution in [2.24, 2.45) is 7.05 Å². The normalized spacial score (nSPS) is 17.6. The Hall–Kier alpha value is -1.95. The molecule has 118 valence electrons. The lowest BCUT2D eigenvalue weighted by Gasteiger charge is -2.32. The van der Waals surface area contributed by atoms with Crippen molar-refractivity contribution in [2.75, 3.05) is 6.54 Å². The van der Waals surface area contributed by atoms with E-state index in [1.165, 1.54) is 0 Å². The number of aliphatic hydroxyl groups is 1. The third-order valence-corrected chi connectivity index (χ3v) is 4.44. The Labute approximate surface area is 129 Å². The first-order chi connectivity index (χ1) is 10.5. The minimum absolute atomic E-state index is 0.178. The maximum absolute atomic E-state index is 12.5. The van der Waals surface area contributed by atoms with Crippen LogP contribution in [0, 0.1) is 6.92 Å². The molecule has 6 heteroatoms. The van der Waals surface area contributed by atoms with Gasteiger partial charge in [-0.05, 0) is 25.8 Å². The van der Waals surface area contributed by atoms with Gasteiger partial charge in [-0.3, -0.25) is 9.48 Å². The number of fused-ring (bicyclic) bond motifs is 1. The maximum atomic E-state index is 12.5.